The Morgan fingerprint density at radius 2 is 1.74 bits per heavy atom. The number of carbonyl (C=O) groups is 2. The van der Waals surface area contributed by atoms with Gasteiger partial charge in [-0.05, 0) is 45.5 Å². The summed E-state index contributed by atoms with van der Waals surface area (Å²) in [7, 11) is 3.84. The molecule has 0 N–H and O–H groups in total. The van der Waals surface area contributed by atoms with Gasteiger partial charge >= 0.3 is 11.8 Å². The molecule has 1 aliphatic heterocycles. The van der Waals surface area contributed by atoms with Crippen molar-refractivity contribution in [2.75, 3.05) is 33.7 Å². The van der Waals surface area contributed by atoms with Crippen LogP contribution in [0.25, 0.3) is 0 Å². The molecule has 0 radical (unpaired) electrons. The van der Waals surface area contributed by atoms with Gasteiger partial charge in [-0.1, -0.05) is 30.3 Å². The van der Waals surface area contributed by atoms with Gasteiger partial charge in [-0.2, -0.15) is 0 Å². The molecule has 2 rings (SSSR count). The molecule has 0 spiro atoms. The molecule has 0 aromatic heterocycles. The summed E-state index contributed by atoms with van der Waals surface area (Å²) in [6.07, 6.45) is 1.85. The summed E-state index contributed by atoms with van der Waals surface area (Å²) in [5.74, 6) is -0.796. The van der Waals surface area contributed by atoms with E-state index < -0.39 is 11.8 Å². The van der Waals surface area contributed by atoms with Crippen molar-refractivity contribution in [2.24, 2.45) is 0 Å². The zero-order valence-electron chi connectivity index (χ0n) is 14.4. The molecule has 126 valence electrons. The maximum atomic E-state index is 12.6. The molecule has 1 aromatic carbocycles. The van der Waals surface area contributed by atoms with Gasteiger partial charge in [-0.15, -0.1) is 0 Å². The number of rotatable bonds is 4. The van der Waals surface area contributed by atoms with E-state index in [0.717, 1.165) is 31.5 Å². The van der Waals surface area contributed by atoms with Crippen LogP contribution < -0.4 is 0 Å². The number of benzene rings is 1. The van der Waals surface area contributed by atoms with Gasteiger partial charge in [-0.25, -0.2) is 0 Å². The first-order valence-corrected chi connectivity index (χ1v) is 8.31. The first kappa shape index (κ1) is 17.5. The Morgan fingerprint density at radius 1 is 1.13 bits per heavy atom. The first-order valence-electron chi connectivity index (χ1n) is 8.31. The molecule has 1 fully saturated rings. The number of likely N-dealkylation sites (N-methyl/N-ethyl adjacent to an activating group) is 2. The van der Waals surface area contributed by atoms with Gasteiger partial charge in [0.05, 0.1) is 0 Å². The van der Waals surface area contributed by atoms with E-state index >= 15 is 0 Å². The predicted molar refractivity (Wildman–Crippen MR) is 90.8 cm³/mol. The molecule has 1 heterocycles. The second kappa shape index (κ2) is 8.11. The van der Waals surface area contributed by atoms with Crippen LogP contribution in [0, 0.1) is 0 Å². The minimum atomic E-state index is -0.405. The topological polar surface area (TPSA) is 43.9 Å². The lowest BCUT2D eigenvalue weighted by Gasteiger charge is -2.35. The van der Waals surface area contributed by atoms with Crippen molar-refractivity contribution in [1.29, 1.82) is 0 Å². The molecule has 1 aliphatic rings. The van der Waals surface area contributed by atoms with Gasteiger partial charge in [0.15, 0.2) is 0 Å². The molecule has 1 aromatic rings. The fourth-order valence-electron chi connectivity index (χ4n) is 2.97. The summed E-state index contributed by atoms with van der Waals surface area (Å²) in [4.78, 5) is 30.6. The van der Waals surface area contributed by atoms with E-state index in [1.807, 2.05) is 37.3 Å². The van der Waals surface area contributed by atoms with E-state index in [0.29, 0.717) is 13.1 Å². The van der Waals surface area contributed by atoms with Crippen molar-refractivity contribution in [3.63, 3.8) is 0 Å². The molecule has 2 amide bonds. The first-order chi connectivity index (χ1) is 11.0. The monoisotopic (exact) mass is 317 g/mol. The van der Waals surface area contributed by atoms with Crippen LogP contribution in [0.5, 0.6) is 0 Å². The smallest absolute Gasteiger partial charge is 0.312 e. The number of hydrogen-bond donors (Lipinski definition) is 0. The average Bonchev–Trinajstić information content (AvgIpc) is 2.59. The Morgan fingerprint density at radius 3 is 2.30 bits per heavy atom. The minimum absolute atomic E-state index is 0.165. The number of hydrogen-bond acceptors (Lipinski definition) is 3. The van der Waals surface area contributed by atoms with E-state index in [1.54, 1.807) is 16.8 Å². The number of amides is 2. The lowest BCUT2D eigenvalue weighted by Crippen LogP contribution is -2.50. The van der Waals surface area contributed by atoms with Gasteiger partial charge in [0, 0.05) is 26.2 Å². The highest BCUT2D eigenvalue weighted by atomic mass is 16.2. The van der Waals surface area contributed by atoms with E-state index in [-0.39, 0.29) is 6.04 Å². The predicted octanol–water partition coefficient (Wildman–Crippen LogP) is 1.59. The Labute approximate surface area is 138 Å². The largest absolute Gasteiger partial charge is 0.334 e. The van der Waals surface area contributed by atoms with Crippen LogP contribution in [0.1, 0.15) is 25.3 Å². The van der Waals surface area contributed by atoms with Gasteiger partial charge in [0.1, 0.15) is 0 Å². The maximum absolute atomic E-state index is 12.6. The van der Waals surface area contributed by atoms with Gasteiger partial charge in [0.2, 0.25) is 0 Å². The molecule has 5 nitrogen and oxygen atoms in total. The van der Waals surface area contributed by atoms with Crippen LogP contribution in [0.15, 0.2) is 30.3 Å². The second-order valence-corrected chi connectivity index (χ2v) is 6.26. The summed E-state index contributed by atoms with van der Waals surface area (Å²) in [5, 5.41) is 0. The lowest BCUT2D eigenvalue weighted by atomic mass is 10.0. The van der Waals surface area contributed by atoms with Crippen LogP contribution in [0.4, 0.5) is 0 Å². The van der Waals surface area contributed by atoms with Crippen molar-refractivity contribution in [3.8, 4) is 0 Å². The fourth-order valence-corrected chi connectivity index (χ4v) is 2.97. The van der Waals surface area contributed by atoms with Crippen molar-refractivity contribution in [2.45, 2.75) is 32.4 Å². The second-order valence-electron chi connectivity index (χ2n) is 6.26. The highest BCUT2D eigenvalue weighted by Crippen LogP contribution is 2.15. The molecule has 0 aliphatic carbocycles. The maximum Gasteiger partial charge on any atom is 0.312 e. The van der Waals surface area contributed by atoms with Crippen LogP contribution in [0.2, 0.25) is 0 Å². The zero-order valence-corrected chi connectivity index (χ0v) is 14.4. The number of carbonyl (C=O) groups excluding carboxylic acids is 2. The van der Waals surface area contributed by atoms with E-state index in [9.17, 15) is 9.59 Å². The lowest BCUT2D eigenvalue weighted by molar-refractivity contribution is -0.153. The molecule has 0 bridgehead atoms. The molecule has 0 atom stereocenters. The van der Waals surface area contributed by atoms with Gasteiger partial charge < -0.3 is 14.7 Å². The molecule has 23 heavy (non-hydrogen) atoms. The normalized spacial score (nSPS) is 16.1. The molecular formula is C18H27N3O2. The third-order valence-electron chi connectivity index (χ3n) is 4.62. The quantitative estimate of drug-likeness (QED) is 0.792. The molecule has 1 saturated heterocycles. The summed E-state index contributed by atoms with van der Waals surface area (Å²) >= 11 is 0. The zero-order chi connectivity index (χ0) is 16.8. The Hall–Kier alpha value is -1.88. The number of nitrogens with zero attached hydrogens (tertiary/aromatic N) is 3. The molecule has 0 unspecified atom stereocenters. The van der Waals surface area contributed by atoms with Gasteiger partial charge in [0.25, 0.3) is 0 Å². The molecular weight excluding hydrogens is 290 g/mol. The highest BCUT2D eigenvalue weighted by Gasteiger charge is 2.30. The average molecular weight is 317 g/mol. The van der Waals surface area contributed by atoms with Crippen molar-refractivity contribution < 1.29 is 9.59 Å². The summed E-state index contributed by atoms with van der Waals surface area (Å²) in [6, 6.07) is 9.95. The SMILES string of the molecule is CCN(Cc1ccccc1)C(=O)C(=O)N(C)C1CCN(C)CC1. The fraction of sp³-hybridized carbons (Fsp3) is 0.556. The summed E-state index contributed by atoms with van der Waals surface area (Å²) in [5.41, 5.74) is 1.04. The Balaban J connectivity index is 1.97. The third-order valence-corrected chi connectivity index (χ3v) is 4.62. The van der Waals surface area contributed by atoms with Crippen molar-refractivity contribution in [1.82, 2.24) is 14.7 Å². The number of piperidine rings is 1. The van der Waals surface area contributed by atoms with Crippen molar-refractivity contribution in [3.05, 3.63) is 35.9 Å². The summed E-state index contributed by atoms with van der Waals surface area (Å²) < 4.78 is 0. The Bertz CT molecular complexity index is 524. The van der Waals surface area contributed by atoms with Crippen LogP contribution in [-0.4, -0.2) is 66.3 Å². The Kier molecular flexibility index (Phi) is 6.16. The molecule has 5 heteroatoms. The highest BCUT2D eigenvalue weighted by molar-refractivity contribution is 6.34. The standard InChI is InChI=1S/C18H27N3O2/c1-4-21(14-15-8-6-5-7-9-15)18(23)17(22)20(3)16-10-12-19(2)13-11-16/h5-9,16H,4,10-14H2,1-3H3. The third kappa shape index (κ3) is 4.55. The van der Waals surface area contributed by atoms with Crippen LogP contribution >= 0.6 is 0 Å². The van der Waals surface area contributed by atoms with E-state index in [1.165, 1.54) is 0 Å². The van der Waals surface area contributed by atoms with Crippen LogP contribution in [-0.2, 0) is 16.1 Å². The number of likely N-dealkylation sites (tertiary alicyclic amines) is 1. The van der Waals surface area contributed by atoms with Gasteiger partial charge in [-0.3, -0.25) is 9.59 Å². The minimum Gasteiger partial charge on any atom is -0.334 e. The van der Waals surface area contributed by atoms with Crippen LogP contribution in [0.3, 0.4) is 0 Å². The van der Waals surface area contributed by atoms with E-state index in [4.69, 9.17) is 0 Å². The molecule has 0 saturated carbocycles. The van der Waals surface area contributed by atoms with Crippen molar-refractivity contribution >= 4 is 11.8 Å². The van der Waals surface area contributed by atoms with E-state index in [2.05, 4.69) is 11.9 Å². The summed E-state index contributed by atoms with van der Waals surface area (Å²) in [6.45, 7) is 4.85.